The molecule has 1 aromatic rings. The molecule has 0 spiro atoms. The standard InChI is InChI=1S/C13H16O/c1-3-7-11(2)13(10-14)12-8-5-4-6-9-12/h3-6,8-9,14H,1,7,10H2,2H3/b13-11+. The second-order valence-electron chi connectivity index (χ2n) is 3.28. The van der Waals surface area contributed by atoms with Crippen LogP contribution in [0.1, 0.15) is 18.9 Å². The van der Waals surface area contributed by atoms with Crippen molar-refractivity contribution in [2.24, 2.45) is 0 Å². The molecule has 0 saturated carbocycles. The highest BCUT2D eigenvalue weighted by Gasteiger charge is 2.02. The first-order valence-corrected chi connectivity index (χ1v) is 4.75. The number of hydrogen-bond acceptors (Lipinski definition) is 1. The van der Waals surface area contributed by atoms with Crippen LogP contribution in [0.5, 0.6) is 0 Å². The Labute approximate surface area is 85.4 Å². The highest BCUT2D eigenvalue weighted by atomic mass is 16.3. The SMILES string of the molecule is C=CC/C(C)=C(\CO)c1ccccc1. The first kappa shape index (κ1) is 10.7. The Balaban J connectivity index is 3.03. The Hall–Kier alpha value is -1.34. The molecule has 14 heavy (non-hydrogen) atoms. The Kier molecular flexibility index (Phi) is 4.14. The molecule has 0 radical (unpaired) electrons. The topological polar surface area (TPSA) is 20.2 Å². The summed E-state index contributed by atoms with van der Waals surface area (Å²) in [5.41, 5.74) is 3.27. The molecule has 0 aromatic heterocycles. The smallest absolute Gasteiger partial charge is 0.0687 e. The molecule has 0 saturated heterocycles. The molecule has 1 heteroatoms. The summed E-state index contributed by atoms with van der Waals surface area (Å²) < 4.78 is 0. The second kappa shape index (κ2) is 5.40. The van der Waals surface area contributed by atoms with Gasteiger partial charge >= 0.3 is 0 Å². The number of benzene rings is 1. The summed E-state index contributed by atoms with van der Waals surface area (Å²) in [6.07, 6.45) is 2.68. The van der Waals surface area contributed by atoms with Crippen LogP contribution in [0.25, 0.3) is 5.57 Å². The van der Waals surface area contributed by atoms with E-state index >= 15 is 0 Å². The minimum absolute atomic E-state index is 0.0870. The van der Waals surface area contributed by atoms with Crippen molar-refractivity contribution in [3.8, 4) is 0 Å². The van der Waals surface area contributed by atoms with Crippen molar-refractivity contribution in [3.05, 3.63) is 54.1 Å². The zero-order valence-electron chi connectivity index (χ0n) is 8.53. The number of hydrogen-bond donors (Lipinski definition) is 1. The van der Waals surface area contributed by atoms with Crippen molar-refractivity contribution >= 4 is 5.57 Å². The summed E-state index contributed by atoms with van der Waals surface area (Å²) in [5.74, 6) is 0. The summed E-state index contributed by atoms with van der Waals surface area (Å²) in [5, 5.41) is 9.28. The van der Waals surface area contributed by atoms with E-state index in [1.165, 1.54) is 5.57 Å². The van der Waals surface area contributed by atoms with Gasteiger partial charge in [0, 0.05) is 0 Å². The molecule has 74 valence electrons. The Morgan fingerprint density at radius 2 is 2.00 bits per heavy atom. The number of aliphatic hydroxyl groups excluding tert-OH is 1. The van der Waals surface area contributed by atoms with Crippen molar-refractivity contribution in [2.45, 2.75) is 13.3 Å². The number of rotatable bonds is 4. The van der Waals surface area contributed by atoms with Gasteiger partial charge in [0.25, 0.3) is 0 Å². The quantitative estimate of drug-likeness (QED) is 0.720. The maximum atomic E-state index is 9.28. The Bertz CT molecular complexity index is 322. The molecule has 0 fully saturated rings. The van der Waals surface area contributed by atoms with Crippen LogP contribution in [0.4, 0.5) is 0 Å². The lowest BCUT2D eigenvalue weighted by atomic mass is 10.00. The summed E-state index contributed by atoms with van der Waals surface area (Å²) in [6, 6.07) is 9.95. The minimum Gasteiger partial charge on any atom is -0.392 e. The van der Waals surface area contributed by atoms with Gasteiger partial charge in [-0.1, -0.05) is 42.0 Å². The van der Waals surface area contributed by atoms with Crippen molar-refractivity contribution in [1.82, 2.24) is 0 Å². The van der Waals surface area contributed by atoms with Crippen LogP contribution >= 0.6 is 0 Å². The average molecular weight is 188 g/mol. The first-order valence-electron chi connectivity index (χ1n) is 4.75. The van der Waals surface area contributed by atoms with E-state index in [1.54, 1.807) is 0 Å². The molecule has 1 N–H and O–H groups in total. The van der Waals surface area contributed by atoms with E-state index in [2.05, 4.69) is 6.58 Å². The van der Waals surface area contributed by atoms with Gasteiger partial charge < -0.3 is 5.11 Å². The third kappa shape index (κ3) is 2.57. The highest BCUT2D eigenvalue weighted by molar-refractivity contribution is 5.69. The fourth-order valence-electron chi connectivity index (χ4n) is 1.45. The molecule has 0 aliphatic rings. The van der Waals surface area contributed by atoms with Crippen LogP contribution in [-0.4, -0.2) is 11.7 Å². The summed E-state index contributed by atoms with van der Waals surface area (Å²) in [6.45, 7) is 5.81. The summed E-state index contributed by atoms with van der Waals surface area (Å²) in [7, 11) is 0. The van der Waals surface area contributed by atoms with Crippen molar-refractivity contribution in [3.63, 3.8) is 0 Å². The van der Waals surface area contributed by atoms with Gasteiger partial charge in [0.2, 0.25) is 0 Å². The minimum atomic E-state index is 0.0870. The fraction of sp³-hybridized carbons (Fsp3) is 0.231. The van der Waals surface area contributed by atoms with Gasteiger partial charge in [0.05, 0.1) is 6.61 Å². The molecule has 1 aromatic carbocycles. The van der Waals surface area contributed by atoms with Gasteiger partial charge in [-0.25, -0.2) is 0 Å². The lowest BCUT2D eigenvalue weighted by Crippen LogP contribution is -1.94. The maximum Gasteiger partial charge on any atom is 0.0687 e. The van der Waals surface area contributed by atoms with Crippen molar-refractivity contribution < 1.29 is 5.11 Å². The van der Waals surface area contributed by atoms with E-state index in [0.717, 1.165) is 17.6 Å². The van der Waals surface area contributed by atoms with Crippen LogP contribution in [0.3, 0.4) is 0 Å². The average Bonchev–Trinajstić information content (AvgIpc) is 2.21. The van der Waals surface area contributed by atoms with Crippen LogP contribution in [0.15, 0.2) is 48.6 Å². The van der Waals surface area contributed by atoms with Gasteiger partial charge in [-0.15, -0.1) is 6.58 Å². The zero-order valence-corrected chi connectivity index (χ0v) is 8.53. The van der Waals surface area contributed by atoms with E-state index in [9.17, 15) is 5.11 Å². The van der Waals surface area contributed by atoms with Gasteiger partial charge in [0.1, 0.15) is 0 Å². The number of aliphatic hydroxyl groups is 1. The molecule has 1 nitrogen and oxygen atoms in total. The van der Waals surface area contributed by atoms with Crippen molar-refractivity contribution in [2.75, 3.05) is 6.61 Å². The van der Waals surface area contributed by atoms with Gasteiger partial charge in [0.15, 0.2) is 0 Å². The third-order valence-electron chi connectivity index (χ3n) is 2.25. The second-order valence-corrected chi connectivity index (χ2v) is 3.28. The van der Waals surface area contributed by atoms with Crippen LogP contribution in [-0.2, 0) is 0 Å². The molecule has 0 unspecified atom stereocenters. The van der Waals surface area contributed by atoms with Gasteiger partial charge in [-0.3, -0.25) is 0 Å². The molecule has 0 atom stereocenters. The molecule has 0 heterocycles. The third-order valence-corrected chi connectivity index (χ3v) is 2.25. The lowest BCUT2D eigenvalue weighted by molar-refractivity contribution is 0.349. The predicted molar refractivity (Wildman–Crippen MR) is 60.9 cm³/mol. The predicted octanol–water partition coefficient (Wildman–Crippen LogP) is 3.03. The van der Waals surface area contributed by atoms with Gasteiger partial charge in [-0.05, 0) is 24.5 Å². The van der Waals surface area contributed by atoms with E-state index in [-0.39, 0.29) is 6.61 Å². The lowest BCUT2D eigenvalue weighted by Gasteiger charge is -2.08. The largest absolute Gasteiger partial charge is 0.392 e. The molecule has 0 aliphatic heterocycles. The molecule has 0 aliphatic carbocycles. The summed E-state index contributed by atoms with van der Waals surface area (Å²) >= 11 is 0. The first-order chi connectivity index (χ1) is 6.79. The van der Waals surface area contributed by atoms with E-state index in [0.29, 0.717) is 0 Å². The normalized spacial score (nSPS) is 12.1. The van der Waals surface area contributed by atoms with Crippen LogP contribution in [0.2, 0.25) is 0 Å². The van der Waals surface area contributed by atoms with E-state index in [4.69, 9.17) is 0 Å². The number of allylic oxidation sites excluding steroid dienone is 2. The fourth-order valence-corrected chi connectivity index (χ4v) is 1.45. The van der Waals surface area contributed by atoms with Crippen LogP contribution in [0, 0.1) is 0 Å². The van der Waals surface area contributed by atoms with Crippen LogP contribution < -0.4 is 0 Å². The summed E-state index contributed by atoms with van der Waals surface area (Å²) in [4.78, 5) is 0. The van der Waals surface area contributed by atoms with E-state index in [1.807, 2.05) is 43.3 Å². The molecule has 1 rings (SSSR count). The monoisotopic (exact) mass is 188 g/mol. The maximum absolute atomic E-state index is 9.28. The van der Waals surface area contributed by atoms with Crippen molar-refractivity contribution in [1.29, 1.82) is 0 Å². The molecular formula is C13H16O. The molecular weight excluding hydrogens is 172 g/mol. The zero-order chi connectivity index (χ0) is 10.4. The van der Waals surface area contributed by atoms with Gasteiger partial charge in [-0.2, -0.15) is 0 Å². The molecule has 0 bridgehead atoms. The molecule has 0 amide bonds. The Morgan fingerprint density at radius 1 is 1.36 bits per heavy atom. The highest BCUT2D eigenvalue weighted by Crippen LogP contribution is 2.19. The Morgan fingerprint density at radius 3 is 2.50 bits per heavy atom. The van der Waals surface area contributed by atoms with E-state index < -0.39 is 0 Å².